The minimum absolute atomic E-state index is 0.0396. The topological polar surface area (TPSA) is 96.2 Å². The normalized spacial score (nSPS) is 16.1. The predicted molar refractivity (Wildman–Crippen MR) is 78.2 cm³/mol. The molecule has 0 spiro atoms. The average molecular weight is 278 g/mol. The largest absolute Gasteiger partial charge is 0.356 e. The number of nitrogen functional groups attached to an aromatic ring is 1. The number of anilines is 2. The number of aromatic nitrogens is 2. The third-order valence-corrected chi connectivity index (χ3v) is 3.63. The van der Waals surface area contributed by atoms with Crippen molar-refractivity contribution in [1.29, 1.82) is 0 Å². The van der Waals surface area contributed by atoms with Gasteiger partial charge in [-0.2, -0.15) is 4.98 Å². The molecular formula is C13H22N6O. The van der Waals surface area contributed by atoms with Gasteiger partial charge >= 0.3 is 0 Å². The van der Waals surface area contributed by atoms with Crippen molar-refractivity contribution >= 4 is 17.7 Å². The molecule has 1 fully saturated rings. The Morgan fingerprint density at radius 1 is 1.50 bits per heavy atom. The summed E-state index contributed by atoms with van der Waals surface area (Å²) < 4.78 is 0. The fourth-order valence-electron chi connectivity index (χ4n) is 2.46. The summed E-state index contributed by atoms with van der Waals surface area (Å²) in [5, 5.41) is 2.89. The minimum Gasteiger partial charge on any atom is -0.356 e. The van der Waals surface area contributed by atoms with Crippen LogP contribution in [0, 0.1) is 12.8 Å². The molecule has 1 aromatic rings. The number of carbonyl (C=O) groups is 1. The van der Waals surface area contributed by atoms with Crippen molar-refractivity contribution in [2.24, 2.45) is 11.8 Å². The van der Waals surface area contributed by atoms with Crippen molar-refractivity contribution in [3.8, 4) is 0 Å². The third kappa shape index (κ3) is 3.57. The second kappa shape index (κ2) is 6.51. The lowest BCUT2D eigenvalue weighted by Gasteiger charge is -2.33. The molecule has 0 aliphatic carbocycles. The van der Waals surface area contributed by atoms with Gasteiger partial charge in [-0.1, -0.05) is 0 Å². The van der Waals surface area contributed by atoms with Crippen molar-refractivity contribution in [2.45, 2.75) is 26.7 Å². The van der Waals surface area contributed by atoms with Crippen molar-refractivity contribution in [2.75, 3.05) is 30.0 Å². The van der Waals surface area contributed by atoms with Gasteiger partial charge in [-0.05, 0) is 25.7 Å². The van der Waals surface area contributed by atoms with Gasteiger partial charge in [-0.25, -0.2) is 10.8 Å². The van der Waals surface area contributed by atoms with E-state index in [1.54, 1.807) is 13.1 Å². The molecule has 0 saturated carbocycles. The second-order valence-corrected chi connectivity index (χ2v) is 5.21. The zero-order valence-corrected chi connectivity index (χ0v) is 12.0. The molecule has 1 amide bonds. The van der Waals surface area contributed by atoms with Crippen LogP contribution in [0.2, 0.25) is 0 Å². The van der Waals surface area contributed by atoms with E-state index in [1.807, 2.05) is 6.92 Å². The molecule has 1 aliphatic rings. The van der Waals surface area contributed by atoms with Crippen LogP contribution in [-0.4, -0.2) is 35.5 Å². The Hall–Kier alpha value is -1.89. The third-order valence-electron chi connectivity index (χ3n) is 3.63. The highest BCUT2D eigenvalue weighted by molar-refractivity contribution is 5.72. The van der Waals surface area contributed by atoms with Crippen molar-refractivity contribution < 1.29 is 4.79 Å². The molecule has 4 N–H and O–H groups in total. The standard InChI is InChI=1S/C13H22N6O/c1-9-7-16-13(18-14)17-12(9)19-5-3-11(4-6-19)8-15-10(2)20/h7,11H,3-6,8,14H2,1-2H3,(H,15,20)(H,16,17,18). The first kappa shape index (κ1) is 14.5. The Balaban J connectivity index is 1.95. The Labute approximate surface area is 118 Å². The predicted octanol–water partition coefficient (Wildman–Crippen LogP) is 0.423. The summed E-state index contributed by atoms with van der Waals surface area (Å²) in [7, 11) is 0. The number of hydrogen-bond donors (Lipinski definition) is 3. The van der Waals surface area contributed by atoms with Crippen molar-refractivity contribution in [1.82, 2.24) is 15.3 Å². The molecule has 0 unspecified atom stereocenters. The van der Waals surface area contributed by atoms with E-state index < -0.39 is 0 Å². The number of hydrazine groups is 1. The molecule has 110 valence electrons. The van der Waals surface area contributed by atoms with Crippen LogP contribution in [0.25, 0.3) is 0 Å². The van der Waals surface area contributed by atoms with Gasteiger partial charge in [-0.15, -0.1) is 0 Å². The zero-order chi connectivity index (χ0) is 14.5. The van der Waals surface area contributed by atoms with E-state index in [4.69, 9.17) is 5.84 Å². The van der Waals surface area contributed by atoms with Gasteiger partial charge in [0.1, 0.15) is 5.82 Å². The molecule has 1 aromatic heterocycles. The molecule has 20 heavy (non-hydrogen) atoms. The molecule has 1 saturated heterocycles. The maximum Gasteiger partial charge on any atom is 0.239 e. The second-order valence-electron chi connectivity index (χ2n) is 5.21. The van der Waals surface area contributed by atoms with E-state index in [-0.39, 0.29) is 5.91 Å². The first-order valence-corrected chi connectivity index (χ1v) is 6.89. The van der Waals surface area contributed by atoms with E-state index in [0.717, 1.165) is 43.9 Å². The minimum atomic E-state index is 0.0396. The highest BCUT2D eigenvalue weighted by Crippen LogP contribution is 2.24. The lowest BCUT2D eigenvalue weighted by Crippen LogP contribution is -2.39. The van der Waals surface area contributed by atoms with E-state index in [0.29, 0.717) is 11.9 Å². The van der Waals surface area contributed by atoms with Gasteiger partial charge in [0.25, 0.3) is 0 Å². The van der Waals surface area contributed by atoms with E-state index in [2.05, 4.69) is 25.6 Å². The molecule has 0 bridgehead atoms. The van der Waals surface area contributed by atoms with Crippen molar-refractivity contribution in [3.05, 3.63) is 11.8 Å². The Morgan fingerprint density at radius 3 is 2.80 bits per heavy atom. The van der Waals surface area contributed by atoms with E-state index >= 15 is 0 Å². The number of nitrogens with one attached hydrogen (secondary N) is 2. The van der Waals surface area contributed by atoms with Crippen LogP contribution >= 0.6 is 0 Å². The molecule has 1 aliphatic heterocycles. The number of amides is 1. The van der Waals surface area contributed by atoms with Crippen LogP contribution in [0.3, 0.4) is 0 Å². The van der Waals surface area contributed by atoms with E-state index in [9.17, 15) is 4.79 Å². The summed E-state index contributed by atoms with van der Waals surface area (Å²) in [6, 6.07) is 0. The number of rotatable bonds is 4. The van der Waals surface area contributed by atoms with Gasteiger partial charge in [0, 0.05) is 38.3 Å². The fourth-order valence-corrected chi connectivity index (χ4v) is 2.46. The molecule has 0 radical (unpaired) electrons. The zero-order valence-electron chi connectivity index (χ0n) is 12.0. The summed E-state index contributed by atoms with van der Waals surface area (Å²) in [4.78, 5) is 21.7. The summed E-state index contributed by atoms with van der Waals surface area (Å²) >= 11 is 0. The average Bonchev–Trinajstić information content (AvgIpc) is 2.46. The summed E-state index contributed by atoms with van der Waals surface area (Å²) in [6.45, 7) is 6.19. The fraction of sp³-hybridized carbons (Fsp3) is 0.615. The molecule has 2 heterocycles. The first-order valence-electron chi connectivity index (χ1n) is 6.89. The number of nitrogens with two attached hydrogens (primary N) is 1. The molecule has 2 rings (SSSR count). The lowest BCUT2D eigenvalue weighted by atomic mass is 9.96. The number of carbonyl (C=O) groups excluding carboxylic acids is 1. The number of nitrogens with zero attached hydrogens (tertiary/aromatic N) is 3. The first-order chi connectivity index (χ1) is 9.60. The van der Waals surface area contributed by atoms with Crippen LogP contribution in [0.5, 0.6) is 0 Å². The molecule has 7 heteroatoms. The maximum atomic E-state index is 10.9. The summed E-state index contributed by atoms with van der Waals surface area (Å²) in [5.41, 5.74) is 3.52. The summed E-state index contributed by atoms with van der Waals surface area (Å²) in [5.74, 6) is 7.31. The Bertz CT molecular complexity index is 470. The van der Waals surface area contributed by atoms with Gasteiger partial charge in [0.2, 0.25) is 11.9 Å². The monoisotopic (exact) mass is 278 g/mol. The van der Waals surface area contributed by atoms with Crippen LogP contribution < -0.4 is 21.5 Å². The van der Waals surface area contributed by atoms with E-state index in [1.165, 1.54) is 0 Å². The molecule has 7 nitrogen and oxygen atoms in total. The van der Waals surface area contributed by atoms with Gasteiger partial charge in [-0.3, -0.25) is 10.2 Å². The highest BCUT2D eigenvalue weighted by atomic mass is 16.1. The molecule has 0 atom stereocenters. The van der Waals surface area contributed by atoms with Gasteiger partial charge in [0.05, 0.1) is 0 Å². The summed E-state index contributed by atoms with van der Waals surface area (Å²) in [6.07, 6.45) is 3.88. The van der Waals surface area contributed by atoms with Crippen LogP contribution in [-0.2, 0) is 4.79 Å². The Morgan fingerprint density at radius 2 is 2.20 bits per heavy atom. The maximum absolute atomic E-state index is 10.9. The molecule has 0 aromatic carbocycles. The van der Waals surface area contributed by atoms with Crippen molar-refractivity contribution in [3.63, 3.8) is 0 Å². The van der Waals surface area contributed by atoms with Crippen LogP contribution in [0.15, 0.2) is 6.20 Å². The SMILES string of the molecule is CC(=O)NCC1CCN(c2nc(NN)ncc2C)CC1. The van der Waals surface area contributed by atoms with Crippen LogP contribution in [0.1, 0.15) is 25.3 Å². The smallest absolute Gasteiger partial charge is 0.239 e. The number of hydrogen-bond acceptors (Lipinski definition) is 6. The Kier molecular flexibility index (Phi) is 4.73. The van der Waals surface area contributed by atoms with Gasteiger partial charge in [0.15, 0.2) is 0 Å². The lowest BCUT2D eigenvalue weighted by molar-refractivity contribution is -0.119. The highest BCUT2D eigenvalue weighted by Gasteiger charge is 2.21. The number of piperidine rings is 1. The van der Waals surface area contributed by atoms with Crippen LogP contribution in [0.4, 0.5) is 11.8 Å². The molecular weight excluding hydrogens is 256 g/mol. The van der Waals surface area contributed by atoms with Gasteiger partial charge < -0.3 is 10.2 Å². The number of aryl methyl sites for hydroxylation is 1. The quantitative estimate of drug-likeness (QED) is 0.546.